The third-order valence-corrected chi connectivity index (χ3v) is 4.63. The number of nitrogens with zero attached hydrogens (tertiary/aromatic N) is 1. The van der Waals surface area contributed by atoms with Crippen LogP contribution in [0.25, 0.3) is 11.1 Å². The Bertz CT molecular complexity index is 987. The van der Waals surface area contributed by atoms with Crippen molar-refractivity contribution in [1.29, 1.82) is 5.26 Å². The van der Waals surface area contributed by atoms with Crippen molar-refractivity contribution in [2.45, 2.75) is 19.3 Å². The molecule has 3 rings (SSSR count). The lowest BCUT2D eigenvalue weighted by atomic mass is 10.0. The third kappa shape index (κ3) is 6.11. The predicted molar refractivity (Wildman–Crippen MR) is 115 cm³/mol. The molecule has 3 aromatic rings. The monoisotopic (exact) mass is 401 g/mol. The molecule has 0 aliphatic carbocycles. The maximum atomic E-state index is 10.8. The molecule has 0 amide bonds. The first-order valence-electron chi connectivity index (χ1n) is 9.85. The van der Waals surface area contributed by atoms with E-state index in [0.717, 1.165) is 36.1 Å². The van der Waals surface area contributed by atoms with E-state index in [1.165, 1.54) is 12.1 Å². The zero-order chi connectivity index (χ0) is 21.2. The lowest BCUT2D eigenvalue weighted by Crippen LogP contribution is -2.01. The first kappa shape index (κ1) is 20.9. The lowest BCUT2D eigenvalue weighted by Gasteiger charge is -2.08. The smallest absolute Gasteiger partial charge is 0.335 e. The van der Waals surface area contributed by atoms with Crippen molar-refractivity contribution >= 4 is 5.97 Å². The van der Waals surface area contributed by atoms with E-state index in [9.17, 15) is 4.79 Å². The first-order chi connectivity index (χ1) is 14.7. The lowest BCUT2D eigenvalue weighted by molar-refractivity contribution is 0.0697. The van der Waals surface area contributed by atoms with E-state index in [-0.39, 0.29) is 5.56 Å². The molecule has 3 aromatic carbocycles. The molecule has 0 heterocycles. The molecule has 0 aliphatic heterocycles. The number of unbranched alkanes of at least 4 members (excludes halogenated alkanes) is 2. The summed E-state index contributed by atoms with van der Waals surface area (Å²) in [6, 6.07) is 24.0. The number of carboxylic acid groups (broad SMARTS) is 1. The molecule has 5 heteroatoms. The first-order valence-corrected chi connectivity index (χ1v) is 9.85. The van der Waals surface area contributed by atoms with Gasteiger partial charge in [-0.2, -0.15) is 5.26 Å². The molecular formula is C25H23NO4. The number of rotatable bonds is 10. The predicted octanol–water partition coefficient (Wildman–Crippen LogP) is 5.55. The van der Waals surface area contributed by atoms with Gasteiger partial charge >= 0.3 is 5.97 Å². The van der Waals surface area contributed by atoms with Crippen LogP contribution in [0.2, 0.25) is 0 Å². The van der Waals surface area contributed by atoms with Crippen LogP contribution in [-0.4, -0.2) is 24.3 Å². The van der Waals surface area contributed by atoms with Crippen molar-refractivity contribution in [3.63, 3.8) is 0 Å². The van der Waals surface area contributed by atoms with Gasteiger partial charge in [-0.3, -0.25) is 0 Å². The van der Waals surface area contributed by atoms with E-state index in [1.54, 1.807) is 12.1 Å². The number of nitriles is 1. The van der Waals surface area contributed by atoms with Crippen molar-refractivity contribution in [2.24, 2.45) is 0 Å². The number of hydrogen-bond acceptors (Lipinski definition) is 4. The summed E-state index contributed by atoms with van der Waals surface area (Å²) in [5.74, 6) is 0.575. The highest BCUT2D eigenvalue weighted by Crippen LogP contribution is 2.23. The van der Waals surface area contributed by atoms with Crippen LogP contribution in [0.4, 0.5) is 0 Å². The SMILES string of the molecule is N#Cc1ccc(-c2ccc(OCCCCCOc3ccc(C(=O)O)cc3)cc2)cc1. The highest BCUT2D eigenvalue weighted by molar-refractivity contribution is 5.87. The Morgan fingerprint density at radius 1 is 0.733 bits per heavy atom. The minimum atomic E-state index is -0.939. The summed E-state index contributed by atoms with van der Waals surface area (Å²) < 4.78 is 11.4. The number of carbonyl (C=O) groups is 1. The topological polar surface area (TPSA) is 79.5 Å². The Morgan fingerprint density at radius 2 is 1.20 bits per heavy atom. The van der Waals surface area contributed by atoms with Gasteiger partial charge in [-0.1, -0.05) is 24.3 Å². The fourth-order valence-electron chi connectivity index (χ4n) is 2.94. The summed E-state index contributed by atoms with van der Waals surface area (Å²) >= 11 is 0. The number of benzene rings is 3. The number of hydrogen-bond donors (Lipinski definition) is 1. The fourth-order valence-corrected chi connectivity index (χ4v) is 2.94. The number of aromatic carboxylic acids is 1. The highest BCUT2D eigenvalue weighted by Gasteiger charge is 2.02. The Morgan fingerprint density at radius 3 is 1.67 bits per heavy atom. The normalized spacial score (nSPS) is 10.2. The summed E-state index contributed by atoms with van der Waals surface area (Å²) in [6.07, 6.45) is 2.82. The molecule has 0 atom stereocenters. The quantitative estimate of drug-likeness (QED) is 0.451. The molecule has 0 radical (unpaired) electrons. The van der Waals surface area contributed by atoms with Gasteiger partial charge in [0.2, 0.25) is 0 Å². The van der Waals surface area contributed by atoms with Crippen LogP contribution in [0.15, 0.2) is 72.8 Å². The molecule has 0 saturated carbocycles. The van der Waals surface area contributed by atoms with Crippen LogP contribution in [0.3, 0.4) is 0 Å². The van der Waals surface area contributed by atoms with Crippen LogP contribution in [-0.2, 0) is 0 Å². The standard InChI is InChI=1S/C25H23NO4/c26-18-19-4-6-20(7-5-19)21-8-12-23(13-9-21)29-16-2-1-3-17-30-24-14-10-22(11-15-24)25(27)28/h4-15H,1-3,16-17H2,(H,27,28). The van der Waals surface area contributed by atoms with E-state index < -0.39 is 5.97 Å². The zero-order valence-corrected chi connectivity index (χ0v) is 16.6. The second-order valence-corrected chi connectivity index (χ2v) is 6.80. The van der Waals surface area contributed by atoms with E-state index in [2.05, 4.69) is 6.07 Å². The van der Waals surface area contributed by atoms with Crippen molar-refractivity contribution in [3.8, 4) is 28.7 Å². The maximum Gasteiger partial charge on any atom is 0.335 e. The zero-order valence-electron chi connectivity index (χ0n) is 16.6. The fraction of sp³-hybridized carbons (Fsp3) is 0.200. The van der Waals surface area contributed by atoms with Gasteiger partial charge in [0.15, 0.2) is 0 Å². The van der Waals surface area contributed by atoms with Crippen LogP contribution < -0.4 is 9.47 Å². The molecule has 0 aromatic heterocycles. The molecule has 0 unspecified atom stereocenters. The van der Waals surface area contributed by atoms with Gasteiger partial charge in [0.1, 0.15) is 11.5 Å². The molecule has 0 saturated heterocycles. The van der Waals surface area contributed by atoms with Crippen molar-refractivity contribution < 1.29 is 19.4 Å². The average Bonchev–Trinajstić information content (AvgIpc) is 2.79. The molecule has 152 valence electrons. The van der Waals surface area contributed by atoms with E-state index in [1.807, 2.05) is 48.5 Å². The summed E-state index contributed by atoms with van der Waals surface area (Å²) in [5, 5.41) is 17.7. The Hall–Kier alpha value is -3.78. The summed E-state index contributed by atoms with van der Waals surface area (Å²) in [4.78, 5) is 10.8. The highest BCUT2D eigenvalue weighted by atomic mass is 16.5. The van der Waals surface area contributed by atoms with Gasteiger partial charge in [0.25, 0.3) is 0 Å². The van der Waals surface area contributed by atoms with Gasteiger partial charge in [-0.15, -0.1) is 0 Å². The second-order valence-electron chi connectivity index (χ2n) is 6.80. The van der Waals surface area contributed by atoms with E-state index in [0.29, 0.717) is 24.5 Å². The minimum Gasteiger partial charge on any atom is -0.494 e. The van der Waals surface area contributed by atoms with Crippen LogP contribution >= 0.6 is 0 Å². The molecule has 1 N–H and O–H groups in total. The third-order valence-electron chi connectivity index (χ3n) is 4.63. The minimum absolute atomic E-state index is 0.254. The average molecular weight is 401 g/mol. The molecule has 0 fully saturated rings. The van der Waals surface area contributed by atoms with Crippen LogP contribution in [0.1, 0.15) is 35.2 Å². The van der Waals surface area contributed by atoms with Gasteiger partial charge in [-0.25, -0.2) is 4.79 Å². The second kappa shape index (κ2) is 10.7. The molecule has 0 spiro atoms. The number of carboxylic acids is 1. The number of ether oxygens (including phenoxy) is 2. The Labute approximate surface area is 176 Å². The molecule has 0 aliphatic rings. The van der Waals surface area contributed by atoms with Gasteiger partial charge in [-0.05, 0) is 78.9 Å². The molecule has 5 nitrogen and oxygen atoms in total. The largest absolute Gasteiger partial charge is 0.494 e. The van der Waals surface area contributed by atoms with Gasteiger partial charge < -0.3 is 14.6 Å². The molecule has 0 bridgehead atoms. The van der Waals surface area contributed by atoms with Crippen molar-refractivity contribution in [2.75, 3.05) is 13.2 Å². The molecule has 30 heavy (non-hydrogen) atoms. The van der Waals surface area contributed by atoms with Crippen molar-refractivity contribution in [3.05, 3.63) is 83.9 Å². The summed E-state index contributed by atoms with van der Waals surface area (Å²) in [7, 11) is 0. The van der Waals surface area contributed by atoms with Gasteiger partial charge in [0, 0.05) is 0 Å². The van der Waals surface area contributed by atoms with E-state index >= 15 is 0 Å². The maximum absolute atomic E-state index is 10.8. The summed E-state index contributed by atoms with van der Waals surface area (Å²) in [5.41, 5.74) is 3.06. The Kier molecular flexibility index (Phi) is 7.45. The summed E-state index contributed by atoms with van der Waals surface area (Å²) in [6.45, 7) is 1.23. The van der Waals surface area contributed by atoms with Gasteiger partial charge in [0.05, 0.1) is 30.4 Å². The molecular weight excluding hydrogens is 378 g/mol. The Balaban J connectivity index is 1.32. The van der Waals surface area contributed by atoms with Crippen LogP contribution in [0, 0.1) is 11.3 Å². The van der Waals surface area contributed by atoms with Crippen molar-refractivity contribution in [1.82, 2.24) is 0 Å². The van der Waals surface area contributed by atoms with E-state index in [4.69, 9.17) is 19.8 Å². The van der Waals surface area contributed by atoms with Crippen LogP contribution in [0.5, 0.6) is 11.5 Å².